The summed E-state index contributed by atoms with van der Waals surface area (Å²) in [5.74, 6) is 0. The number of hydrogen-bond donors (Lipinski definition) is 2. The average molecular weight is 255 g/mol. The van der Waals surface area contributed by atoms with Crippen molar-refractivity contribution in [1.82, 2.24) is 0 Å². The summed E-state index contributed by atoms with van der Waals surface area (Å²) in [5.41, 5.74) is 5.97. The molecule has 3 N–H and O–H groups in total. The van der Waals surface area contributed by atoms with E-state index >= 15 is 0 Å². The second-order valence-electron chi connectivity index (χ2n) is 6.98. The fraction of sp³-hybridized carbons (Fsp3) is 1.00. The molecule has 2 aliphatic rings. The number of rotatable bonds is 4. The van der Waals surface area contributed by atoms with Crippen LogP contribution in [0.4, 0.5) is 0 Å². The highest BCUT2D eigenvalue weighted by Crippen LogP contribution is 2.48. The van der Waals surface area contributed by atoms with Gasteiger partial charge < -0.3 is 15.6 Å². The molecule has 0 spiro atoms. The van der Waals surface area contributed by atoms with Gasteiger partial charge in [-0.3, -0.25) is 0 Å². The zero-order chi connectivity index (χ0) is 13.2. The minimum absolute atomic E-state index is 0.00809. The number of ether oxygens (including phenoxy) is 1. The molecule has 3 nitrogen and oxygen atoms in total. The molecule has 1 aliphatic heterocycles. The van der Waals surface area contributed by atoms with E-state index in [1.165, 1.54) is 19.3 Å². The standard InChI is InChI=1S/C15H29NO2/c1-14(2)7-4-8-15(11-16,13(14)17)9-6-12-5-3-10-18-12/h12-13,17H,3-11,16H2,1-2H3. The van der Waals surface area contributed by atoms with Crippen LogP contribution in [0, 0.1) is 10.8 Å². The molecule has 106 valence electrons. The van der Waals surface area contributed by atoms with Crippen LogP contribution >= 0.6 is 0 Å². The second-order valence-corrected chi connectivity index (χ2v) is 6.98. The van der Waals surface area contributed by atoms with Gasteiger partial charge >= 0.3 is 0 Å². The van der Waals surface area contributed by atoms with Gasteiger partial charge in [0.1, 0.15) is 0 Å². The highest BCUT2D eigenvalue weighted by molar-refractivity contribution is 4.99. The maximum Gasteiger partial charge on any atom is 0.0659 e. The van der Waals surface area contributed by atoms with Crippen LogP contribution in [0.5, 0.6) is 0 Å². The van der Waals surface area contributed by atoms with Crippen molar-refractivity contribution in [3.05, 3.63) is 0 Å². The zero-order valence-corrected chi connectivity index (χ0v) is 12.0. The lowest BCUT2D eigenvalue weighted by Gasteiger charge is -2.49. The van der Waals surface area contributed by atoms with Crippen LogP contribution in [0.15, 0.2) is 0 Å². The Labute approximate surface area is 111 Å². The van der Waals surface area contributed by atoms with Gasteiger partial charge in [0.05, 0.1) is 12.2 Å². The van der Waals surface area contributed by atoms with Gasteiger partial charge in [0, 0.05) is 18.6 Å². The topological polar surface area (TPSA) is 55.5 Å². The Kier molecular flexibility index (Phi) is 4.35. The van der Waals surface area contributed by atoms with Crippen molar-refractivity contribution in [3.8, 4) is 0 Å². The highest BCUT2D eigenvalue weighted by Gasteiger charge is 2.47. The fourth-order valence-electron chi connectivity index (χ4n) is 3.90. The molecule has 2 fully saturated rings. The minimum atomic E-state index is -0.273. The third-order valence-corrected chi connectivity index (χ3v) is 5.21. The van der Waals surface area contributed by atoms with Crippen molar-refractivity contribution in [2.24, 2.45) is 16.6 Å². The molecule has 0 amide bonds. The predicted molar refractivity (Wildman–Crippen MR) is 73.3 cm³/mol. The largest absolute Gasteiger partial charge is 0.392 e. The van der Waals surface area contributed by atoms with Gasteiger partial charge in [-0.15, -0.1) is 0 Å². The summed E-state index contributed by atoms with van der Waals surface area (Å²) in [6.07, 6.45) is 7.94. The number of hydrogen-bond acceptors (Lipinski definition) is 3. The van der Waals surface area contributed by atoms with E-state index in [9.17, 15) is 5.11 Å². The summed E-state index contributed by atoms with van der Waals surface area (Å²) in [6, 6.07) is 0. The molecule has 0 bridgehead atoms. The number of aliphatic hydroxyl groups is 1. The quantitative estimate of drug-likeness (QED) is 0.811. The summed E-state index contributed by atoms with van der Waals surface area (Å²) in [5, 5.41) is 10.7. The molecule has 1 saturated heterocycles. The van der Waals surface area contributed by atoms with E-state index < -0.39 is 0 Å². The van der Waals surface area contributed by atoms with Crippen molar-refractivity contribution < 1.29 is 9.84 Å². The Bertz CT molecular complexity index is 274. The van der Waals surface area contributed by atoms with E-state index in [1.807, 2.05) is 0 Å². The van der Waals surface area contributed by atoms with Gasteiger partial charge in [-0.2, -0.15) is 0 Å². The normalized spacial score (nSPS) is 40.0. The van der Waals surface area contributed by atoms with Crippen LogP contribution in [0.25, 0.3) is 0 Å². The summed E-state index contributed by atoms with van der Waals surface area (Å²) in [6.45, 7) is 5.86. The van der Waals surface area contributed by atoms with Crippen LogP contribution in [-0.2, 0) is 4.74 Å². The van der Waals surface area contributed by atoms with Crippen LogP contribution in [0.1, 0.15) is 58.8 Å². The second kappa shape index (κ2) is 5.48. The number of nitrogens with two attached hydrogens (primary N) is 1. The molecule has 0 aromatic rings. The first-order valence-corrected chi connectivity index (χ1v) is 7.50. The van der Waals surface area contributed by atoms with E-state index in [0.717, 1.165) is 32.3 Å². The Morgan fingerprint density at radius 3 is 2.67 bits per heavy atom. The third-order valence-electron chi connectivity index (χ3n) is 5.21. The molecule has 0 aromatic heterocycles. The van der Waals surface area contributed by atoms with Crippen LogP contribution < -0.4 is 5.73 Å². The molecule has 18 heavy (non-hydrogen) atoms. The first kappa shape index (κ1) is 14.3. The lowest BCUT2D eigenvalue weighted by atomic mass is 9.59. The Balaban J connectivity index is 1.99. The van der Waals surface area contributed by atoms with Crippen LogP contribution in [0.3, 0.4) is 0 Å². The monoisotopic (exact) mass is 255 g/mol. The van der Waals surface area contributed by atoms with E-state index in [-0.39, 0.29) is 16.9 Å². The molecule has 2 rings (SSSR count). The smallest absolute Gasteiger partial charge is 0.0659 e. The van der Waals surface area contributed by atoms with Gasteiger partial charge in [-0.1, -0.05) is 20.3 Å². The SMILES string of the molecule is CC1(C)CCCC(CN)(CCC2CCCO2)C1O. The van der Waals surface area contributed by atoms with Crippen LogP contribution in [-0.4, -0.2) is 30.5 Å². The Morgan fingerprint density at radius 2 is 2.06 bits per heavy atom. The lowest BCUT2D eigenvalue weighted by molar-refractivity contribution is -0.0967. The van der Waals surface area contributed by atoms with Crippen molar-refractivity contribution in [2.75, 3.05) is 13.2 Å². The van der Waals surface area contributed by atoms with E-state index in [0.29, 0.717) is 12.6 Å². The van der Waals surface area contributed by atoms with Gasteiger partial charge in [-0.25, -0.2) is 0 Å². The summed E-state index contributed by atoms with van der Waals surface area (Å²) in [7, 11) is 0. The first-order valence-electron chi connectivity index (χ1n) is 7.50. The van der Waals surface area contributed by atoms with Gasteiger partial charge in [0.25, 0.3) is 0 Å². The van der Waals surface area contributed by atoms with Crippen molar-refractivity contribution >= 4 is 0 Å². The number of aliphatic hydroxyl groups excluding tert-OH is 1. The predicted octanol–water partition coefficient (Wildman–Crippen LogP) is 2.46. The first-order chi connectivity index (χ1) is 8.50. The van der Waals surface area contributed by atoms with Gasteiger partial charge in [-0.05, 0) is 43.9 Å². The summed E-state index contributed by atoms with van der Waals surface area (Å²) in [4.78, 5) is 0. The van der Waals surface area contributed by atoms with E-state index in [4.69, 9.17) is 10.5 Å². The molecule has 1 aliphatic carbocycles. The Morgan fingerprint density at radius 1 is 1.28 bits per heavy atom. The van der Waals surface area contributed by atoms with Gasteiger partial charge in [0.2, 0.25) is 0 Å². The maximum absolute atomic E-state index is 10.7. The molecular formula is C15H29NO2. The molecule has 3 unspecified atom stereocenters. The molecule has 0 aromatic carbocycles. The highest BCUT2D eigenvalue weighted by atomic mass is 16.5. The Hall–Kier alpha value is -0.120. The zero-order valence-electron chi connectivity index (χ0n) is 12.0. The lowest BCUT2D eigenvalue weighted by Crippen LogP contribution is -2.52. The maximum atomic E-state index is 10.7. The van der Waals surface area contributed by atoms with Crippen molar-refractivity contribution in [2.45, 2.75) is 71.0 Å². The van der Waals surface area contributed by atoms with E-state index in [1.54, 1.807) is 0 Å². The average Bonchev–Trinajstić information content (AvgIpc) is 2.85. The van der Waals surface area contributed by atoms with Crippen LogP contribution in [0.2, 0.25) is 0 Å². The van der Waals surface area contributed by atoms with Crippen molar-refractivity contribution in [3.63, 3.8) is 0 Å². The molecule has 1 saturated carbocycles. The summed E-state index contributed by atoms with van der Waals surface area (Å²) < 4.78 is 5.70. The molecule has 0 radical (unpaired) electrons. The minimum Gasteiger partial charge on any atom is -0.392 e. The van der Waals surface area contributed by atoms with E-state index in [2.05, 4.69) is 13.8 Å². The molecule has 3 atom stereocenters. The third kappa shape index (κ3) is 2.73. The molecule has 1 heterocycles. The molecular weight excluding hydrogens is 226 g/mol. The van der Waals surface area contributed by atoms with Crippen molar-refractivity contribution in [1.29, 1.82) is 0 Å². The molecule has 3 heteroatoms. The fourth-order valence-corrected chi connectivity index (χ4v) is 3.90. The van der Waals surface area contributed by atoms with Gasteiger partial charge in [0.15, 0.2) is 0 Å². The summed E-state index contributed by atoms with van der Waals surface area (Å²) >= 11 is 0.